The van der Waals surface area contributed by atoms with Crippen LogP contribution in [0.2, 0.25) is 0 Å². The number of aryl methyl sites for hydroxylation is 1. The van der Waals surface area contributed by atoms with E-state index in [0.717, 1.165) is 17.5 Å². The van der Waals surface area contributed by atoms with Gasteiger partial charge in [-0.15, -0.1) is 0 Å². The van der Waals surface area contributed by atoms with E-state index >= 15 is 0 Å². The van der Waals surface area contributed by atoms with Gasteiger partial charge in [0.05, 0.1) is 6.04 Å². The number of benzene rings is 2. The average Bonchev–Trinajstić information content (AvgIpc) is 2.63. The molecule has 0 heterocycles. The number of nitrogens with one attached hydrogen (secondary N) is 1. The lowest BCUT2D eigenvalue weighted by atomic mass is 10.1. The van der Waals surface area contributed by atoms with E-state index in [4.69, 9.17) is 4.74 Å². The molecule has 140 valence electrons. The maximum Gasteiger partial charge on any atom is 0.318 e. The molecule has 1 atom stereocenters. The predicted octanol–water partition coefficient (Wildman–Crippen LogP) is 4.01. The van der Waals surface area contributed by atoms with Crippen molar-refractivity contribution >= 4 is 6.03 Å². The van der Waals surface area contributed by atoms with Gasteiger partial charge < -0.3 is 20.1 Å². The fraction of sp³-hybridized carbons (Fsp3) is 0.381. The lowest BCUT2D eigenvalue weighted by molar-refractivity contribution is 0.164. The molecule has 2 aromatic rings. The van der Waals surface area contributed by atoms with Crippen LogP contribution < -0.4 is 5.32 Å². The molecule has 5 heteroatoms. The number of urea groups is 1. The minimum absolute atomic E-state index is 0.109. The molecule has 0 aliphatic heterocycles. The molecule has 0 bridgehead atoms. The van der Waals surface area contributed by atoms with E-state index in [0.29, 0.717) is 19.7 Å². The quantitative estimate of drug-likeness (QED) is 0.703. The summed E-state index contributed by atoms with van der Waals surface area (Å²) in [7, 11) is 1.66. The molecule has 2 amide bonds. The lowest BCUT2D eigenvalue weighted by Gasteiger charge is -2.25. The number of nitrogens with zero attached hydrogens (tertiary/aromatic N) is 1. The highest BCUT2D eigenvalue weighted by atomic mass is 16.5. The van der Waals surface area contributed by atoms with Gasteiger partial charge in [-0.3, -0.25) is 0 Å². The molecule has 0 saturated heterocycles. The molecule has 0 fully saturated rings. The van der Waals surface area contributed by atoms with Crippen molar-refractivity contribution in [3.63, 3.8) is 0 Å². The van der Waals surface area contributed by atoms with Crippen LogP contribution in [0, 0.1) is 6.92 Å². The lowest BCUT2D eigenvalue weighted by Crippen LogP contribution is -2.41. The number of hydrogen-bond donors (Lipinski definition) is 2. The van der Waals surface area contributed by atoms with Crippen LogP contribution in [0.5, 0.6) is 5.75 Å². The summed E-state index contributed by atoms with van der Waals surface area (Å²) in [5.41, 5.74) is 3.24. The van der Waals surface area contributed by atoms with Crippen LogP contribution in [-0.4, -0.2) is 36.3 Å². The zero-order valence-electron chi connectivity index (χ0n) is 15.7. The zero-order valence-corrected chi connectivity index (χ0v) is 15.7. The highest BCUT2D eigenvalue weighted by Crippen LogP contribution is 2.17. The first-order chi connectivity index (χ1) is 12.5. The topological polar surface area (TPSA) is 61.8 Å². The molecule has 1 unspecified atom stereocenters. The number of methoxy groups -OCH3 is 1. The number of carbonyl (C=O) groups is 1. The minimum atomic E-state index is -0.147. The average molecular weight is 356 g/mol. The number of ether oxygens (including phenoxy) is 1. The summed E-state index contributed by atoms with van der Waals surface area (Å²) < 4.78 is 5.12. The van der Waals surface area contributed by atoms with E-state index in [1.807, 2.05) is 26.0 Å². The van der Waals surface area contributed by atoms with Crippen molar-refractivity contribution in [2.24, 2.45) is 0 Å². The largest absolute Gasteiger partial charge is 0.508 e. The normalized spacial score (nSPS) is 11.8. The molecule has 0 aromatic heterocycles. The number of aromatic hydroxyl groups is 1. The Morgan fingerprint density at radius 1 is 1.15 bits per heavy atom. The first kappa shape index (κ1) is 19.8. The number of phenolic OH excluding ortho intramolecular Hbond substituents is 1. The molecule has 0 spiro atoms. The van der Waals surface area contributed by atoms with Crippen molar-refractivity contribution in [2.75, 3.05) is 20.3 Å². The van der Waals surface area contributed by atoms with Crippen LogP contribution >= 0.6 is 0 Å². The number of phenols is 1. The summed E-state index contributed by atoms with van der Waals surface area (Å²) in [6, 6.07) is 14.8. The van der Waals surface area contributed by atoms with E-state index < -0.39 is 0 Å². The molecule has 2 N–H and O–H groups in total. The van der Waals surface area contributed by atoms with Crippen LogP contribution in [0.3, 0.4) is 0 Å². The van der Waals surface area contributed by atoms with Crippen LogP contribution in [0.15, 0.2) is 48.5 Å². The molecule has 0 aliphatic rings. The van der Waals surface area contributed by atoms with Crippen molar-refractivity contribution in [3.05, 3.63) is 65.2 Å². The molecule has 2 aromatic carbocycles. The first-order valence-corrected chi connectivity index (χ1v) is 8.88. The van der Waals surface area contributed by atoms with Crippen molar-refractivity contribution in [2.45, 2.75) is 32.9 Å². The third kappa shape index (κ3) is 6.08. The molecule has 5 nitrogen and oxygen atoms in total. The van der Waals surface area contributed by atoms with Crippen molar-refractivity contribution < 1.29 is 14.6 Å². The molecule has 0 aliphatic carbocycles. The summed E-state index contributed by atoms with van der Waals surface area (Å²) >= 11 is 0. The van der Waals surface area contributed by atoms with E-state index in [9.17, 15) is 9.90 Å². The standard InChI is InChI=1S/C21H28N2O3/c1-16-5-7-18(8-6-16)15-23(13-4-14-26-3)21(25)22-17(2)19-9-11-20(24)12-10-19/h5-12,17,24H,4,13-15H2,1-3H3,(H,22,25). The Labute approximate surface area is 155 Å². The SMILES string of the molecule is COCCCN(Cc1ccc(C)cc1)C(=O)NC(C)c1ccc(O)cc1. The predicted molar refractivity (Wildman–Crippen MR) is 103 cm³/mol. The van der Waals surface area contributed by atoms with Gasteiger partial charge in [0.1, 0.15) is 5.75 Å². The van der Waals surface area contributed by atoms with Crippen molar-refractivity contribution in [1.29, 1.82) is 0 Å². The third-order valence-corrected chi connectivity index (χ3v) is 4.29. The second kappa shape index (κ2) is 9.82. The van der Waals surface area contributed by atoms with Crippen molar-refractivity contribution in [3.8, 4) is 5.75 Å². The second-order valence-corrected chi connectivity index (χ2v) is 6.52. The van der Waals surface area contributed by atoms with Crippen LogP contribution in [0.4, 0.5) is 4.79 Å². The molecule has 26 heavy (non-hydrogen) atoms. The highest BCUT2D eigenvalue weighted by molar-refractivity contribution is 5.74. The molecule has 0 saturated carbocycles. The van der Waals surface area contributed by atoms with Crippen LogP contribution in [0.1, 0.15) is 36.1 Å². The Morgan fingerprint density at radius 2 is 1.81 bits per heavy atom. The van der Waals surface area contributed by atoms with Crippen LogP contribution in [-0.2, 0) is 11.3 Å². The van der Waals surface area contributed by atoms with Gasteiger partial charge in [-0.25, -0.2) is 4.79 Å². The third-order valence-electron chi connectivity index (χ3n) is 4.29. The number of rotatable bonds is 8. The zero-order chi connectivity index (χ0) is 18.9. The molecule has 0 radical (unpaired) electrons. The van der Waals surface area contributed by atoms with Gasteiger partial charge in [0.25, 0.3) is 0 Å². The molecular weight excluding hydrogens is 328 g/mol. The Bertz CT molecular complexity index is 683. The van der Waals surface area contributed by atoms with E-state index in [2.05, 4.69) is 29.6 Å². The van der Waals surface area contributed by atoms with Gasteiger partial charge in [0.2, 0.25) is 0 Å². The summed E-state index contributed by atoms with van der Waals surface area (Å²) in [4.78, 5) is 14.6. The summed E-state index contributed by atoms with van der Waals surface area (Å²) in [6.45, 7) is 5.77. The Balaban J connectivity index is 2.03. The van der Waals surface area contributed by atoms with Gasteiger partial charge in [0.15, 0.2) is 0 Å². The number of amides is 2. The second-order valence-electron chi connectivity index (χ2n) is 6.52. The Kier molecular flexibility index (Phi) is 7.48. The van der Waals surface area contributed by atoms with Gasteiger partial charge in [-0.2, -0.15) is 0 Å². The Morgan fingerprint density at radius 3 is 2.42 bits per heavy atom. The summed E-state index contributed by atoms with van der Waals surface area (Å²) in [5.74, 6) is 0.216. The fourth-order valence-electron chi connectivity index (χ4n) is 2.69. The van der Waals surface area contributed by atoms with Gasteiger partial charge in [-0.1, -0.05) is 42.0 Å². The van der Waals surface area contributed by atoms with Gasteiger partial charge in [-0.05, 0) is 43.5 Å². The summed E-state index contributed by atoms with van der Waals surface area (Å²) in [6.07, 6.45) is 0.781. The highest BCUT2D eigenvalue weighted by Gasteiger charge is 2.17. The van der Waals surface area contributed by atoms with Crippen LogP contribution in [0.25, 0.3) is 0 Å². The maximum atomic E-state index is 12.8. The first-order valence-electron chi connectivity index (χ1n) is 8.88. The summed E-state index contributed by atoms with van der Waals surface area (Å²) in [5, 5.41) is 12.4. The minimum Gasteiger partial charge on any atom is -0.508 e. The smallest absolute Gasteiger partial charge is 0.318 e. The van der Waals surface area contributed by atoms with E-state index in [-0.39, 0.29) is 17.8 Å². The number of carbonyl (C=O) groups excluding carboxylic acids is 1. The molecular formula is C21H28N2O3. The van der Waals surface area contributed by atoms with E-state index in [1.54, 1.807) is 24.1 Å². The fourth-order valence-corrected chi connectivity index (χ4v) is 2.69. The molecule has 2 rings (SSSR count). The maximum absolute atomic E-state index is 12.8. The van der Waals surface area contributed by atoms with E-state index in [1.165, 1.54) is 5.56 Å². The van der Waals surface area contributed by atoms with Gasteiger partial charge in [0, 0.05) is 26.8 Å². The Hall–Kier alpha value is -2.53. The number of hydrogen-bond acceptors (Lipinski definition) is 3. The van der Waals surface area contributed by atoms with Gasteiger partial charge >= 0.3 is 6.03 Å². The van der Waals surface area contributed by atoms with Crippen molar-refractivity contribution in [1.82, 2.24) is 10.2 Å². The monoisotopic (exact) mass is 356 g/mol.